The van der Waals surface area contributed by atoms with E-state index in [0.29, 0.717) is 68.5 Å². The molecular formula is C41H49FN8O3. The van der Waals surface area contributed by atoms with Crippen LogP contribution in [0.25, 0.3) is 22.3 Å². The Morgan fingerprint density at radius 1 is 1.04 bits per heavy atom. The molecule has 4 aliphatic heterocycles. The molecule has 3 aromatic heterocycles. The molecule has 1 aliphatic carbocycles. The second kappa shape index (κ2) is 12.6. The van der Waals surface area contributed by atoms with Gasteiger partial charge in [-0.15, -0.1) is 0 Å². The van der Waals surface area contributed by atoms with Gasteiger partial charge in [-0.1, -0.05) is 26.0 Å². The summed E-state index contributed by atoms with van der Waals surface area (Å²) in [6.45, 7) is 15.0. The molecule has 0 unspecified atom stereocenters. The van der Waals surface area contributed by atoms with Gasteiger partial charge in [0.25, 0.3) is 0 Å². The summed E-state index contributed by atoms with van der Waals surface area (Å²) in [6.07, 6.45) is 7.63. The molecule has 1 spiro atoms. The highest BCUT2D eigenvalue weighted by atomic mass is 19.1. The molecule has 1 aromatic carbocycles. The maximum Gasteiger partial charge on any atom is 0.238 e. The number of carbonyl (C=O) groups excluding carboxylic acids is 2. The van der Waals surface area contributed by atoms with Crippen molar-refractivity contribution in [2.24, 2.45) is 17.3 Å². The lowest BCUT2D eigenvalue weighted by atomic mass is 9.72. The molecular weight excluding hydrogens is 672 g/mol. The zero-order chi connectivity index (χ0) is 36.8. The Bertz CT molecular complexity index is 2090. The van der Waals surface area contributed by atoms with E-state index in [1.807, 2.05) is 22.5 Å². The normalized spacial score (nSPS) is 26.3. The van der Waals surface area contributed by atoms with Crippen molar-refractivity contribution in [3.63, 3.8) is 0 Å². The molecule has 9 rings (SSSR count). The van der Waals surface area contributed by atoms with Gasteiger partial charge in [-0.2, -0.15) is 0 Å². The van der Waals surface area contributed by atoms with Gasteiger partial charge >= 0.3 is 0 Å². The molecule has 53 heavy (non-hydrogen) atoms. The summed E-state index contributed by atoms with van der Waals surface area (Å²) in [4.78, 5) is 48.8. The van der Waals surface area contributed by atoms with E-state index >= 15 is 0 Å². The van der Waals surface area contributed by atoms with Crippen molar-refractivity contribution in [1.29, 1.82) is 0 Å². The van der Waals surface area contributed by atoms with Crippen molar-refractivity contribution in [2.75, 3.05) is 49.6 Å². The maximum absolute atomic E-state index is 14.9. The van der Waals surface area contributed by atoms with Crippen molar-refractivity contribution >= 4 is 40.0 Å². The summed E-state index contributed by atoms with van der Waals surface area (Å²) in [5, 5.41) is 3.23. The Morgan fingerprint density at radius 2 is 1.77 bits per heavy atom. The zero-order valence-corrected chi connectivity index (χ0v) is 31.3. The topological polar surface area (TPSA) is 109 Å². The first kappa shape index (κ1) is 34.4. The van der Waals surface area contributed by atoms with Gasteiger partial charge in [-0.05, 0) is 82.1 Å². The number of benzene rings is 1. The van der Waals surface area contributed by atoms with Crippen LogP contribution in [0.4, 0.5) is 21.6 Å². The number of amides is 2. The quantitative estimate of drug-likeness (QED) is 0.237. The molecule has 278 valence electrons. The van der Waals surface area contributed by atoms with Gasteiger partial charge in [0, 0.05) is 61.8 Å². The van der Waals surface area contributed by atoms with Gasteiger partial charge in [0.05, 0.1) is 53.5 Å². The van der Waals surface area contributed by atoms with Gasteiger partial charge in [0.15, 0.2) is 11.6 Å². The fourth-order valence-corrected chi connectivity index (χ4v) is 9.43. The molecule has 12 heteroatoms. The molecule has 0 radical (unpaired) electrons. The van der Waals surface area contributed by atoms with Crippen molar-refractivity contribution in [2.45, 2.75) is 83.8 Å². The van der Waals surface area contributed by atoms with E-state index < -0.39 is 16.6 Å². The Kier molecular flexibility index (Phi) is 8.16. The number of carbonyl (C=O) groups is 2. The number of hydrogen-bond acceptors (Lipinski definition) is 8. The van der Waals surface area contributed by atoms with Crippen LogP contribution in [-0.4, -0.2) is 92.6 Å². The molecule has 7 heterocycles. The number of rotatable bonds is 7. The summed E-state index contributed by atoms with van der Waals surface area (Å²) < 4.78 is 22.3. The monoisotopic (exact) mass is 720 g/mol. The average Bonchev–Trinajstić information content (AvgIpc) is 3.77. The van der Waals surface area contributed by atoms with E-state index in [1.165, 1.54) is 6.20 Å². The highest BCUT2D eigenvalue weighted by molar-refractivity contribution is 6.09. The summed E-state index contributed by atoms with van der Waals surface area (Å²) >= 11 is 0. The first-order valence-electron chi connectivity index (χ1n) is 19.3. The molecule has 4 aromatic rings. The van der Waals surface area contributed by atoms with Crippen molar-refractivity contribution < 1.29 is 18.7 Å². The lowest BCUT2D eigenvalue weighted by molar-refractivity contribution is -0.170. The fourth-order valence-electron chi connectivity index (χ4n) is 9.43. The summed E-state index contributed by atoms with van der Waals surface area (Å²) in [5.41, 5.74) is 4.19. The van der Waals surface area contributed by atoms with Crippen LogP contribution in [0, 0.1) is 23.1 Å². The van der Waals surface area contributed by atoms with Crippen molar-refractivity contribution in [3.8, 4) is 11.3 Å². The number of aromatic nitrogens is 4. The number of pyridine rings is 2. The number of anilines is 3. The molecule has 5 aliphatic rings. The Morgan fingerprint density at radius 3 is 2.43 bits per heavy atom. The predicted octanol–water partition coefficient (Wildman–Crippen LogP) is 6.32. The van der Waals surface area contributed by atoms with E-state index in [9.17, 15) is 14.0 Å². The van der Waals surface area contributed by atoms with Gasteiger partial charge in [0.1, 0.15) is 5.52 Å². The third-order valence-electron chi connectivity index (χ3n) is 13.1. The van der Waals surface area contributed by atoms with Crippen LogP contribution in [0.1, 0.15) is 71.9 Å². The van der Waals surface area contributed by atoms with Crippen LogP contribution in [0.15, 0.2) is 49.1 Å². The number of nitrogens with one attached hydrogen (secondary N) is 1. The van der Waals surface area contributed by atoms with Gasteiger partial charge in [-0.3, -0.25) is 19.5 Å². The standard InChI is InChI=1S/C41H49FN8O3/c1-24(2)49-23-44-34-17-33(46-37(36(34)49)45-32-8-11-43-18-31(32)42)27-6-7-30-35(14-27)50(29-15-28(16-29)48-19-25(3)26(4)20-48)39(52)41(30)9-12-47(13-10-41)38(51)40(5)21-53-22-40/h6-8,11,14,17-18,23-26,28-29H,9-10,12-13,15-16,19-22H2,1-5H3,(H,43,45,46)/t25-,26+,28-,29+. The molecule has 1 saturated carbocycles. The molecule has 3 saturated heterocycles. The number of hydrogen-bond donors (Lipinski definition) is 1. The van der Waals surface area contributed by atoms with Gasteiger partial charge < -0.3 is 24.4 Å². The van der Waals surface area contributed by atoms with E-state index in [0.717, 1.165) is 53.8 Å². The number of ether oxygens (including phenoxy) is 1. The predicted molar refractivity (Wildman–Crippen MR) is 201 cm³/mol. The zero-order valence-electron chi connectivity index (χ0n) is 31.3. The third-order valence-corrected chi connectivity index (χ3v) is 13.1. The van der Waals surface area contributed by atoms with E-state index in [4.69, 9.17) is 14.7 Å². The number of imidazole rings is 1. The van der Waals surface area contributed by atoms with Crippen LogP contribution >= 0.6 is 0 Å². The number of nitrogens with zero attached hydrogens (tertiary/aromatic N) is 7. The molecule has 2 atom stereocenters. The number of piperidine rings is 1. The Labute approximate surface area is 309 Å². The second-order valence-electron chi connectivity index (χ2n) is 17.0. The molecule has 4 fully saturated rings. The van der Waals surface area contributed by atoms with Crippen molar-refractivity contribution in [1.82, 2.24) is 29.3 Å². The van der Waals surface area contributed by atoms with Crippen LogP contribution in [-0.2, 0) is 19.7 Å². The first-order valence-corrected chi connectivity index (χ1v) is 19.3. The minimum absolute atomic E-state index is 0.108. The smallest absolute Gasteiger partial charge is 0.238 e. The molecule has 1 N–H and O–H groups in total. The minimum Gasteiger partial charge on any atom is -0.379 e. The SMILES string of the molecule is CC(C)n1cnc2cc(-c3ccc4c(c3)N([C@H]3C[C@@H](N5C[C@@H](C)[C@@H](C)C5)C3)C(=O)C43CCN(C(=O)C4(C)COC4)CC3)nc(Nc3ccncc3F)c21. The van der Waals surface area contributed by atoms with Crippen LogP contribution < -0.4 is 10.2 Å². The van der Waals surface area contributed by atoms with E-state index in [-0.39, 0.29) is 29.6 Å². The highest BCUT2D eigenvalue weighted by Gasteiger charge is 2.57. The third kappa shape index (κ3) is 5.46. The van der Waals surface area contributed by atoms with Crippen molar-refractivity contribution in [3.05, 3.63) is 60.4 Å². The molecule has 11 nitrogen and oxygen atoms in total. The number of halogens is 1. The first-order chi connectivity index (χ1) is 25.5. The van der Waals surface area contributed by atoms with Crippen LogP contribution in [0.3, 0.4) is 0 Å². The lowest BCUT2D eigenvalue weighted by Gasteiger charge is -2.47. The largest absolute Gasteiger partial charge is 0.379 e. The maximum atomic E-state index is 14.9. The van der Waals surface area contributed by atoms with Gasteiger partial charge in [-0.25, -0.2) is 14.4 Å². The summed E-state index contributed by atoms with van der Waals surface area (Å²) in [7, 11) is 0. The summed E-state index contributed by atoms with van der Waals surface area (Å²) in [6, 6.07) is 10.6. The van der Waals surface area contributed by atoms with E-state index in [2.05, 4.69) is 66.0 Å². The van der Waals surface area contributed by atoms with Gasteiger partial charge in [0.2, 0.25) is 11.8 Å². The van der Waals surface area contributed by atoms with Crippen LogP contribution in [0.2, 0.25) is 0 Å². The fraction of sp³-hybridized carbons (Fsp3) is 0.537. The molecule has 0 bridgehead atoms. The lowest BCUT2D eigenvalue weighted by Crippen LogP contribution is -2.59. The minimum atomic E-state index is -0.678. The summed E-state index contributed by atoms with van der Waals surface area (Å²) in [5.74, 6) is 1.68. The Balaban J connectivity index is 1.08. The van der Waals surface area contributed by atoms with Crippen LogP contribution in [0.5, 0.6) is 0 Å². The average molecular weight is 721 g/mol. The molecule has 2 amide bonds. The number of fused-ring (bicyclic) bond motifs is 3. The highest BCUT2D eigenvalue weighted by Crippen LogP contribution is 2.52. The Hall–Kier alpha value is -4.42. The number of likely N-dealkylation sites (tertiary alicyclic amines) is 2. The second-order valence-corrected chi connectivity index (χ2v) is 17.0. The van der Waals surface area contributed by atoms with E-state index in [1.54, 1.807) is 18.6 Å².